The molecule has 1 amide bonds. The number of carbonyl (C=O) groups is 1. The molecule has 2 rings (SSSR count). The summed E-state index contributed by atoms with van der Waals surface area (Å²) in [6.45, 7) is 1.48. The van der Waals surface area contributed by atoms with Crippen molar-refractivity contribution >= 4 is 39.4 Å². The van der Waals surface area contributed by atoms with Crippen LogP contribution in [0.1, 0.15) is 12.5 Å². The van der Waals surface area contributed by atoms with Crippen LogP contribution >= 0.6 is 11.6 Å². The van der Waals surface area contributed by atoms with Gasteiger partial charge in [-0.3, -0.25) is 9.10 Å². The van der Waals surface area contributed by atoms with E-state index in [2.05, 4.69) is 10.5 Å². The molecule has 0 heterocycles. The molecular formula is C18H20ClN3O4S. The smallest absolute Gasteiger partial charge is 0.263 e. The molecule has 1 N–H and O–H groups in total. The van der Waals surface area contributed by atoms with Gasteiger partial charge in [0.05, 0.1) is 25.3 Å². The first-order valence-corrected chi connectivity index (χ1v) is 10.2. The third kappa shape index (κ3) is 5.70. The van der Waals surface area contributed by atoms with Gasteiger partial charge in [-0.25, -0.2) is 13.8 Å². The van der Waals surface area contributed by atoms with Crippen LogP contribution in [0.3, 0.4) is 0 Å². The summed E-state index contributed by atoms with van der Waals surface area (Å²) in [4.78, 5) is 12.4. The second-order valence-electron chi connectivity index (χ2n) is 5.72. The van der Waals surface area contributed by atoms with Gasteiger partial charge in [-0.05, 0) is 48.9 Å². The summed E-state index contributed by atoms with van der Waals surface area (Å²) in [7, 11) is -2.19. The predicted molar refractivity (Wildman–Crippen MR) is 107 cm³/mol. The molecule has 0 aliphatic carbocycles. The molecule has 0 saturated carbocycles. The van der Waals surface area contributed by atoms with E-state index in [1.807, 2.05) is 0 Å². The van der Waals surface area contributed by atoms with Crippen molar-refractivity contribution in [2.45, 2.75) is 13.0 Å². The van der Waals surface area contributed by atoms with E-state index >= 15 is 0 Å². The van der Waals surface area contributed by atoms with Crippen molar-refractivity contribution in [3.05, 3.63) is 59.1 Å². The van der Waals surface area contributed by atoms with E-state index in [-0.39, 0.29) is 0 Å². The Morgan fingerprint density at radius 3 is 2.48 bits per heavy atom. The molecular weight excluding hydrogens is 390 g/mol. The van der Waals surface area contributed by atoms with Crippen molar-refractivity contribution in [2.75, 3.05) is 17.7 Å². The molecule has 0 bridgehead atoms. The third-order valence-corrected chi connectivity index (χ3v) is 5.13. The average molecular weight is 410 g/mol. The highest BCUT2D eigenvalue weighted by Gasteiger charge is 2.29. The Bertz CT molecular complexity index is 930. The maximum Gasteiger partial charge on any atom is 0.263 e. The van der Waals surface area contributed by atoms with Crippen LogP contribution < -0.4 is 14.5 Å². The number of hydrogen-bond acceptors (Lipinski definition) is 5. The summed E-state index contributed by atoms with van der Waals surface area (Å²) in [6.07, 6.45) is 2.46. The number of rotatable bonds is 7. The monoisotopic (exact) mass is 409 g/mol. The molecule has 7 nitrogen and oxygen atoms in total. The quantitative estimate of drug-likeness (QED) is 0.562. The molecule has 0 aliphatic rings. The molecule has 0 saturated heterocycles. The Kier molecular flexibility index (Phi) is 6.81. The zero-order chi connectivity index (χ0) is 20.0. The van der Waals surface area contributed by atoms with Crippen LogP contribution in [0.15, 0.2) is 53.6 Å². The van der Waals surface area contributed by atoms with Crippen LogP contribution in [0.5, 0.6) is 5.75 Å². The number of methoxy groups -OCH3 is 1. The van der Waals surface area contributed by atoms with Crippen molar-refractivity contribution in [1.29, 1.82) is 0 Å². The standard InChI is InChI=1S/C18H20ClN3O4S/c1-13(18(23)21-20-12-14-5-4-6-15(19)11-14)22(27(3,24)25)16-7-9-17(26-2)10-8-16/h4-13H,1-3H3,(H,21,23)/b20-12-/t13-/m0/s1. The Morgan fingerprint density at radius 1 is 1.26 bits per heavy atom. The predicted octanol–water partition coefficient (Wildman–Crippen LogP) is 2.65. The van der Waals surface area contributed by atoms with Gasteiger partial charge in [-0.2, -0.15) is 5.10 Å². The number of anilines is 1. The lowest BCUT2D eigenvalue weighted by Crippen LogP contribution is -2.46. The largest absolute Gasteiger partial charge is 0.497 e. The van der Waals surface area contributed by atoms with Gasteiger partial charge in [0.25, 0.3) is 5.91 Å². The fourth-order valence-electron chi connectivity index (χ4n) is 2.39. The van der Waals surface area contributed by atoms with Crippen LogP contribution in [0.4, 0.5) is 5.69 Å². The summed E-state index contributed by atoms with van der Waals surface area (Å²) in [5, 5.41) is 4.41. The van der Waals surface area contributed by atoms with Crippen molar-refractivity contribution < 1.29 is 17.9 Å². The minimum Gasteiger partial charge on any atom is -0.497 e. The first kappa shape index (κ1) is 20.7. The maximum absolute atomic E-state index is 12.4. The normalized spacial score (nSPS) is 12.6. The Morgan fingerprint density at radius 2 is 1.93 bits per heavy atom. The first-order valence-electron chi connectivity index (χ1n) is 7.94. The van der Waals surface area contributed by atoms with E-state index in [1.165, 1.54) is 20.2 Å². The van der Waals surface area contributed by atoms with Crippen LogP contribution in [0, 0.1) is 0 Å². The van der Waals surface area contributed by atoms with Crippen molar-refractivity contribution in [2.24, 2.45) is 5.10 Å². The highest BCUT2D eigenvalue weighted by atomic mass is 35.5. The van der Waals surface area contributed by atoms with Crippen LogP contribution in [0.25, 0.3) is 0 Å². The van der Waals surface area contributed by atoms with Crippen molar-refractivity contribution in [3.8, 4) is 5.75 Å². The number of nitrogens with one attached hydrogen (secondary N) is 1. The zero-order valence-electron chi connectivity index (χ0n) is 15.1. The van der Waals surface area contributed by atoms with E-state index in [4.69, 9.17) is 16.3 Å². The van der Waals surface area contributed by atoms with Gasteiger partial charge < -0.3 is 4.74 Å². The molecule has 0 spiro atoms. The van der Waals surface area contributed by atoms with Gasteiger partial charge >= 0.3 is 0 Å². The molecule has 27 heavy (non-hydrogen) atoms. The second-order valence-corrected chi connectivity index (χ2v) is 8.02. The Balaban J connectivity index is 2.16. The number of hydrazone groups is 1. The van der Waals surface area contributed by atoms with E-state index in [1.54, 1.807) is 48.5 Å². The van der Waals surface area contributed by atoms with Gasteiger partial charge in [0.1, 0.15) is 11.8 Å². The summed E-state index contributed by atoms with van der Waals surface area (Å²) in [6, 6.07) is 12.3. The summed E-state index contributed by atoms with van der Waals surface area (Å²) < 4.78 is 30.5. The number of sulfonamides is 1. The van der Waals surface area contributed by atoms with Crippen LogP contribution in [-0.2, 0) is 14.8 Å². The molecule has 2 aromatic carbocycles. The molecule has 144 valence electrons. The van der Waals surface area contributed by atoms with Gasteiger partial charge in [-0.1, -0.05) is 23.7 Å². The lowest BCUT2D eigenvalue weighted by atomic mass is 10.2. The van der Waals surface area contributed by atoms with Crippen molar-refractivity contribution in [1.82, 2.24) is 5.43 Å². The molecule has 1 atom stereocenters. The van der Waals surface area contributed by atoms with Gasteiger partial charge in [0.2, 0.25) is 10.0 Å². The molecule has 2 aromatic rings. The lowest BCUT2D eigenvalue weighted by Gasteiger charge is -2.27. The Hall–Kier alpha value is -2.58. The molecule has 0 fully saturated rings. The van der Waals surface area contributed by atoms with E-state index < -0.39 is 22.0 Å². The topological polar surface area (TPSA) is 88.1 Å². The zero-order valence-corrected chi connectivity index (χ0v) is 16.7. The third-order valence-electron chi connectivity index (χ3n) is 3.65. The Labute approximate surface area is 163 Å². The lowest BCUT2D eigenvalue weighted by molar-refractivity contribution is -0.121. The summed E-state index contributed by atoms with van der Waals surface area (Å²) >= 11 is 5.89. The number of halogens is 1. The summed E-state index contributed by atoms with van der Waals surface area (Å²) in [5.74, 6) is 0.00458. The SMILES string of the molecule is COc1ccc(N([C@@H](C)C(=O)N/N=C\c2cccc(Cl)c2)S(C)(=O)=O)cc1. The minimum absolute atomic E-state index is 0.347. The van der Waals surface area contributed by atoms with Crippen LogP contribution in [0.2, 0.25) is 5.02 Å². The first-order chi connectivity index (χ1) is 12.7. The molecule has 0 aliphatic heterocycles. The number of nitrogens with zero attached hydrogens (tertiary/aromatic N) is 2. The molecule has 0 aromatic heterocycles. The van der Waals surface area contributed by atoms with E-state index in [0.717, 1.165) is 10.6 Å². The fraction of sp³-hybridized carbons (Fsp3) is 0.222. The number of hydrogen-bond donors (Lipinski definition) is 1. The van der Waals surface area contributed by atoms with Crippen LogP contribution in [-0.4, -0.2) is 39.9 Å². The van der Waals surface area contributed by atoms with Gasteiger partial charge in [0.15, 0.2) is 0 Å². The molecule has 0 unspecified atom stereocenters. The maximum atomic E-state index is 12.4. The average Bonchev–Trinajstić information content (AvgIpc) is 2.61. The molecule has 9 heteroatoms. The van der Waals surface area contributed by atoms with E-state index in [9.17, 15) is 13.2 Å². The number of benzene rings is 2. The number of carbonyl (C=O) groups excluding carboxylic acids is 1. The highest BCUT2D eigenvalue weighted by molar-refractivity contribution is 7.92. The minimum atomic E-state index is -3.70. The van der Waals surface area contributed by atoms with Gasteiger partial charge in [0, 0.05) is 5.02 Å². The summed E-state index contributed by atoms with van der Waals surface area (Å²) in [5.41, 5.74) is 3.40. The molecule has 0 radical (unpaired) electrons. The van der Waals surface area contributed by atoms with Gasteiger partial charge in [-0.15, -0.1) is 0 Å². The number of ether oxygens (including phenoxy) is 1. The number of amides is 1. The fourth-order valence-corrected chi connectivity index (χ4v) is 3.76. The van der Waals surface area contributed by atoms with E-state index in [0.29, 0.717) is 22.0 Å². The second kappa shape index (κ2) is 8.88. The highest BCUT2D eigenvalue weighted by Crippen LogP contribution is 2.23. The van der Waals surface area contributed by atoms with Crippen molar-refractivity contribution in [3.63, 3.8) is 0 Å².